The molecule has 1 amide bonds. The Morgan fingerprint density at radius 1 is 1.00 bits per heavy atom. The van der Waals surface area contributed by atoms with E-state index in [-0.39, 0.29) is 12.5 Å². The number of rotatable bonds is 6. The molecule has 0 unspecified atom stereocenters. The summed E-state index contributed by atoms with van der Waals surface area (Å²) < 4.78 is 7.08. The Balaban J connectivity index is 1.65. The van der Waals surface area contributed by atoms with E-state index in [2.05, 4.69) is 42.2 Å². The molecular weight excluding hydrogens is 567 g/mol. The second kappa shape index (κ2) is 10.6. The van der Waals surface area contributed by atoms with Crippen molar-refractivity contribution in [2.24, 2.45) is 4.99 Å². The molecule has 3 aromatic rings. The quantitative estimate of drug-likeness (QED) is 0.299. The van der Waals surface area contributed by atoms with Crippen LogP contribution in [0.2, 0.25) is 10.0 Å². The lowest BCUT2D eigenvalue weighted by molar-refractivity contribution is -0.118. The minimum atomic E-state index is -0.291. The predicted molar refractivity (Wildman–Crippen MR) is 136 cm³/mol. The molecule has 0 saturated carbocycles. The maximum atomic E-state index is 12.2. The number of aliphatic imine (C=N–C) groups is 1. The Hall–Kier alpha value is -1.86. The van der Waals surface area contributed by atoms with Crippen LogP contribution >= 0.6 is 55.1 Å². The maximum absolute atomic E-state index is 12.2. The van der Waals surface area contributed by atoms with Gasteiger partial charge in [-0.05, 0) is 98.8 Å². The number of ether oxygens (including phenoxy) is 1. The lowest BCUT2D eigenvalue weighted by atomic mass is 10.2. The molecule has 0 bridgehead atoms. The summed E-state index contributed by atoms with van der Waals surface area (Å²) in [6.45, 7) is 3.69. The van der Waals surface area contributed by atoms with Crippen LogP contribution in [0, 0.1) is 13.8 Å². The monoisotopic (exact) mass is 582 g/mol. The van der Waals surface area contributed by atoms with Gasteiger partial charge in [-0.2, -0.15) is 0 Å². The Bertz CT molecular complexity index is 1140. The second-order valence-corrected chi connectivity index (χ2v) is 9.33. The fourth-order valence-electron chi connectivity index (χ4n) is 2.61. The number of carbonyl (C=O) groups is 1. The van der Waals surface area contributed by atoms with Crippen LogP contribution in [0.15, 0.2) is 62.5 Å². The number of aryl methyl sites for hydroxylation is 2. The molecule has 160 valence electrons. The van der Waals surface area contributed by atoms with Crippen molar-refractivity contribution in [2.75, 3.05) is 11.9 Å². The van der Waals surface area contributed by atoms with Gasteiger partial charge >= 0.3 is 0 Å². The van der Waals surface area contributed by atoms with Crippen LogP contribution in [0.1, 0.15) is 16.7 Å². The highest BCUT2D eigenvalue weighted by molar-refractivity contribution is 9.11. The van der Waals surface area contributed by atoms with E-state index in [9.17, 15) is 4.79 Å². The minimum Gasteiger partial charge on any atom is -0.481 e. The average Bonchev–Trinajstić information content (AvgIpc) is 2.71. The number of anilines is 1. The molecule has 0 aromatic heterocycles. The van der Waals surface area contributed by atoms with Gasteiger partial charge in [0.15, 0.2) is 6.61 Å². The summed E-state index contributed by atoms with van der Waals surface area (Å²) in [6, 6.07) is 14.7. The molecule has 0 spiro atoms. The van der Waals surface area contributed by atoms with Crippen molar-refractivity contribution in [3.63, 3.8) is 0 Å². The van der Waals surface area contributed by atoms with E-state index in [1.165, 1.54) is 0 Å². The third-order valence-corrected chi connectivity index (χ3v) is 6.33. The van der Waals surface area contributed by atoms with Crippen molar-refractivity contribution in [2.45, 2.75) is 13.8 Å². The van der Waals surface area contributed by atoms with E-state index >= 15 is 0 Å². The van der Waals surface area contributed by atoms with E-state index in [0.717, 1.165) is 22.4 Å². The molecule has 3 rings (SSSR count). The zero-order valence-electron chi connectivity index (χ0n) is 16.7. The lowest BCUT2D eigenvalue weighted by Gasteiger charge is -2.12. The zero-order chi connectivity index (χ0) is 22.5. The van der Waals surface area contributed by atoms with Gasteiger partial charge in [-0.3, -0.25) is 9.79 Å². The number of nitrogens with zero attached hydrogens (tertiary/aromatic N) is 1. The molecule has 0 aliphatic rings. The Morgan fingerprint density at radius 3 is 2.23 bits per heavy atom. The van der Waals surface area contributed by atoms with E-state index in [1.54, 1.807) is 18.3 Å². The van der Waals surface area contributed by atoms with Crippen molar-refractivity contribution >= 4 is 78.6 Å². The zero-order valence-corrected chi connectivity index (χ0v) is 21.4. The molecule has 0 atom stereocenters. The van der Waals surface area contributed by atoms with Crippen molar-refractivity contribution in [3.05, 3.63) is 84.2 Å². The minimum absolute atomic E-state index is 0.155. The van der Waals surface area contributed by atoms with Gasteiger partial charge in [0.05, 0.1) is 14.6 Å². The largest absolute Gasteiger partial charge is 0.481 e. The molecule has 3 aromatic carbocycles. The van der Waals surface area contributed by atoms with Crippen molar-refractivity contribution in [1.29, 1.82) is 0 Å². The van der Waals surface area contributed by atoms with Gasteiger partial charge in [-0.1, -0.05) is 35.3 Å². The molecule has 0 fully saturated rings. The molecule has 0 aliphatic carbocycles. The Kier molecular flexibility index (Phi) is 8.17. The van der Waals surface area contributed by atoms with Gasteiger partial charge in [0.2, 0.25) is 0 Å². The molecule has 31 heavy (non-hydrogen) atoms. The third kappa shape index (κ3) is 6.56. The van der Waals surface area contributed by atoms with Gasteiger partial charge in [0.25, 0.3) is 5.91 Å². The summed E-state index contributed by atoms with van der Waals surface area (Å²) in [6.07, 6.45) is 1.73. The van der Waals surface area contributed by atoms with Crippen LogP contribution < -0.4 is 10.1 Å². The normalized spacial score (nSPS) is 11.0. The lowest BCUT2D eigenvalue weighted by Crippen LogP contribution is -2.20. The number of nitrogens with one attached hydrogen (secondary N) is 1. The van der Waals surface area contributed by atoms with Crippen LogP contribution in [0.3, 0.4) is 0 Å². The number of benzene rings is 3. The van der Waals surface area contributed by atoms with Crippen LogP contribution in [-0.4, -0.2) is 18.7 Å². The van der Waals surface area contributed by atoms with Crippen LogP contribution in [-0.2, 0) is 4.79 Å². The first-order valence-electron chi connectivity index (χ1n) is 9.21. The summed E-state index contributed by atoms with van der Waals surface area (Å²) in [7, 11) is 0. The van der Waals surface area contributed by atoms with E-state index < -0.39 is 0 Å². The SMILES string of the molecule is Cc1ccc(N=Cc2cc(Br)c(OCC(=O)Nc3ccc(C)c(Cl)c3)c(Br)c2)cc1Cl. The fourth-order valence-corrected chi connectivity index (χ4v) is 4.41. The molecule has 4 nitrogen and oxygen atoms in total. The Morgan fingerprint density at radius 2 is 1.61 bits per heavy atom. The topological polar surface area (TPSA) is 50.7 Å². The molecule has 8 heteroatoms. The summed E-state index contributed by atoms with van der Waals surface area (Å²) in [5, 5.41) is 4.03. The number of amides is 1. The van der Waals surface area contributed by atoms with Gasteiger partial charge in [0.1, 0.15) is 5.75 Å². The van der Waals surface area contributed by atoms with Gasteiger partial charge in [-0.25, -0.2) is 0 Å². The second-order valence-electron chi connectivity index (χ2n) is 6.81. The van der Waals surface area contributed by atoms with Crippen molar-refractivity contribution < 1.29 is 9.53 Å². The number of hydrogen-bond acceptors (Lipinski definition) is 3. The maximum Gasteiger partial charge on any atom is 0.262 e. The fraction of sp³-hybridized carbons (Fsp3) is 0.130. The predicted octanol–water partition coefficient (Wildman–Crippen LogP) is 7.90. The summed E-state index contributed by atoms with van der Waals surface area (Å²) in [5.74, 6) is 0.230. The summed E-state index contributed by atoms with van der Waals surface area (Å²) in [4.78, 5) is 16.7. The first-order valence-corrected chi connectivity index (χ1v) is 11.5. The van der Waals surface area contributed by atoms with Gasteiger partial charge in [-0.15, -0.1) is 0 Å². The highest BCUT2D eigenvalue weighted by atomic mass is 79.9. The molecule has 1 N–H and O–H groups in total. The molecule has 0 radical (unpaired) electrons. The number of carbonyl (C=O) groups excluding carboxylic acids is 1. The molecule has 0 aliphatic heterocycles. The molecule has 0 heterocycles. The summed E-state index contributed by atoms with van der Waals surface area (Å²) >= 11 is 19.2. The first-order chi connectivity index (χ1) is 14.7. The summed E-state index contributed by atoms with van der Waals surface area (Å²) in [5.41, 5.74) is 4.17. The van der Waals surface area contributed by atoms with Gasteiger partial charge in [0, 0.05) is 21.9 Å². The van der Waals surface area contributed by atoms with Crippen molar-refractivity contribution in [3.8, 4) is 5.75 Å². The van der Waals surface area contributed by atoms with E-state index in [1.807, 2.05) is 50.2 Å². The number of hydrogen-bond donors (Lipinski definition) is 1. The first kappa shape index (κ1) is 23.8. The molecule has 0 saturated heterocycles. The van der Waals surface area contributed by atoms with Crippen LogP contribution in [0.25, 0.3) is 0 Å². The number of halogens is 4. The van der Waals surface area contributed by atoms with E-state index in [4.69, 9.17) is 27.9 Å². The Labute approximate surface area is 207 Å². The van der Waals surface area contributed by atoms with Crippen LogP contribution in [0.4, 0.5) is 11.4 Å². The van der Waals surface area contributed by atoms with Crippen LogP contribution in [0.5, 0.6) is 5.75 Å². The smallest absolute Gasteiger partial charge is 0.262 e. The standard InChI is InChI=1S/C23H18Br2Cl2N2O2/c1-13-3-5-16(9-20(13)26)28-11-15-7-18(24)23(19(25)8-15)31-12-22(30)29-17-6-4-14(2)21(27)10-17/h3-11H,12H2,1-2H3,(H,29,30). The van der Waals surface area contributed by atoms with Crippen molar-refractivity contribution in [1.82, 2.24) is 0 Å². The van der Waals surface area contributed by atoms with E-state index in [0.29, 0.717) is 30.4 Å². The van der Waals surface area contributed by atoms with Gasteiger partial charge < -0.3 is 10.1 Å². The third-order valence-electron chi connectivity index (χ3n) is 4.34. The highest BCUT2D eigenvalue weighted by Crippen LogP contribution is 2.34. The molecular formula is C23H18Br2Cl2N2O2. The average molecular weight is 585 g/mol. The highest BCUT2D eigenvalue weighted by Gasteiger charge is 2.12.